The van der Waals surface area contributed by atoms with Crippen LogP contribution in [-0.2, 0) is 19.5 Å². The Morgan fingerprint density at radius 1 is 1.23 bits per heavy atom. The lowest BCUT2D eigenvalue weighted by Gasteiger charge is -2.40. The van der Waals surface area contributed by atoms with Crippen molar-refractivity contribution in [2.75, 3.05) is 38.6 Å². The molecule has 1 atom stereocenters. The summed E-state index contributed by atoms with van der Waals surface area (Å²) in [6.07, 6.45) is 5.63. The number of amides is 1. The molecule has 9 nitrogen and oxygen atoms in total. The lowest BCUT2D eigenvalue weighted by molar-refractivity contribution is -0.134. The van der Waals surface area contributed by atoms with Crippen molar-refractivity contribution in [1.29, 1.82) is 5.26 Å². The normalized spacial score (nSPS) is 17.2. The maximum absolute atomic E-state index is 13.9. The minimum atomic E-state index is -2.66. The van der Waals surface area contributed by atoms with Crippen LogP contribution in [0, 0.1) is 11.3 Å². The summed E-state index contributed by atoms with van der Waals surface area (Å²) < 4.78 is 34.7. The number of carbonyl (C=O) groups is 1. The third-order valence-electron chi connectivity index (χ3n) is 7.29. The molecule has 39 heavy (non-hydrogen) atoms. The Morgan fingerprint density at radius 2 is 2.03 bits per heavy atom. The SMILES string of the molecule is CCOc1cc([C@H](C)N2CCc3c(CN4CC(F)(F)C4)cc(Cn4ccnc4NC)cc3C2=O)ncc1C#N. The molecule has 0 aliphatic carbocycles. The first-order valence-corrected chi connectivity index (χ1v) is 13.0. The second-order valence-electron chi connectivity index (χ2n) is 9.99. The van der Waals surface area contributed by atoms with Gasteiger partial charge in [0.25, 0.3) is 11.8 Å². The van der Waals surface area contributed by atoms with Crippen LogP contribution in [-0.4, -0.2) is 69.5 Å². The Labute approximate surface area is 226 Å². The van der Waals surface area contributed by atoms with Gasteiger partial charge in [0.05, 0.1) is 38.0 Å². The van der Waals surface area contributed by atoms with Gasteiger partial charge in [0, 0.05) is 50.4 Å². The number of fused-ring (bicyclic) bond motifs is 1. The molecule has 204 valence electrons. The summed E-state index contributed by atoms with van der Waals surface area (Å²) in [4.78, 5) is 26.1. The van der Waals surface area contributed by atoms with Gasteiger partial charge in [0.1, 0.15) is 17.4 Å². The van der Waals surface area contributed by atoms with E-state index in [1.165, 1.54) is 6.20 Å². The van der Waals surface area contributed by atoms with Gasteiger partial charge in [-0.1, -0.05) is 6.07 Å². The van der Waals surface area contributed by atoms with Gasteiger partial charge in [-0.3, -0.25) is 14.7 Å². The molecule has 0 spiro atoms. The molecule has 2 aromatic heterocycles. The molecule has 1 fully saturated rings. The van der Waals surface area contributed by atoms with Crippen molar-refractivity contribution >= 4 is 11.9 Å². The summed E-state index contributed by atoms with van der Waals surface area (Å²) in [6.45, 7) is 4.91. The van der Waals surface area contributed by atoms with Crippen molar-refractivity contribution in [2.45, 2.75) is 45.3 Å². The number of carbonyl (C=O) groups excluding carboxylic acids is 1. The molecule has 1 aromatic carbocycles. The van der Waals surface area contributed by atoms with Crippen LogP contribution in [0.4, 0.5) is 14.7 Å². The van der Waals surface area contributed by atoms with E-state index in [1.54, 1.807) is 29.1 Å². The van der Waals surface area contributed by atoms with Crippen LogP contribution in [0.25, 0.3) is 0 Å². The average Bonchev–Trinajstić information content (AvgIpc) is 3.35. The first kappa shape index (κ1) is 26.6. The second-order valence-corrected chi connectivity index (χ2v) is 9.99. The van der Waals surface area contributed by atoms with E-state index in [9.17, 15) is 18.8 Å². The Kier molecular flexibility index (Phi) is 7.23. The van der Waals surface area contributed by atoms with Gasteiger partial charge in [-0.2, -0.15) is 5.26 Å². The van der Waals surface area contributed by atoms with E-state index in [-0.39, 0.29) is 25.0 Å². The molecule has 5 rings (SSSR count). The number of imidazole rings is 1. The second kappa shape index (κ2) is 10.6. The number of nitrogens with zero attached hydrogens (tertiary/aromatic N) is 6. The average molecular weight is 536 g/mol. The summed E-state index contributed by atoms with van der Waals surface area (Å²) in [5.41, 5.74) is 4.26. The van der Waals surface area contributed by atoms with Gasteiger partial charge >= 0.3 is 0 Å². The highest BCUT2D eigenvalue weighted by Crippen LogP contribution is 2.34. The van der Waals surface area contributed by atoms with Crippen molar-refractivity contribution in [1.82, 2.24) is 24.3 Å². The van der Waals surface area contributed by atoms with Crippen LogP contribution in [0.1, 0.15) is 58.2 Å². The predicted molar refractivity (Wildman–Crippen MR) is 141 cm³/mol. The minimum Gasteiger partial charge on any atom is -0.492 e. The van der Waals surface area contributed by atoms with E-state index in [0.29, 0.717) is 61.2 Å². The topological polar surface area (TPSA) is 99.3 Å². The molecule has 1 amide bonds. The first-order chi connectivity index (χ1) is 18.7. The van der Waals surface area contributed by atoms with Gasteiger partial charge in [0.15, 0.2) is 0 Å². The van der Waals surface area contributed by atoms with E-state index in [2.05, 4.69) is 21.4 Å². The number of nitrogens with one attached hydrogen (secondary N) is 1. The number of hydrogen-bond donors (Lipinski definition) is 1. The monoisotopic (exact) mass is 535 g/mol. The molecule has 2 aliphatic heterocycles. The molecule has 0 unspecified atom stereocenters. The number of hydrogen-bond acceptors (Lipinski definition) is 7. The molecule has 1 saturated heterocycles. The number of benzene rings is 1. The number of alkyl halides is 2. The first-order valence-electron chi connectivity index (χ1n) is 13.0. The molecular weight excluding hydrogens is 504 g/mol. The standard InChI is InChI=1S/C28H31F2N7O2/c1-4-39-25-11-24(34-13-21(25)12-31)18(2)37-7-5-22-20(15-35-16-28(29,30)17-35)9-19(10-23(22)26(37)38)14-36-8-6-33-27(36)32-3/h6,8-11,13,18H,4-5,7,14-17H2,1-3H3,(H,32,33)/t18-/m0/s1. The summed E-state index contributed by atoms with van der Waals surface area (Å²) in [5.74, 6) is -1.66. The van der Waals surface area contributed by atoms with Gasteiger partial charge in [0.2, 0.25) is 5.95 Å². The Bertz CT molecular complexity index is 1420. The van der Waals surface area contributed by atoms with E-state index in [4.69, 9.17) is 4.74 Å². The zero-order valence-electron chi connectivity index (χ0n) is 22.2. The molecule has 1 N–H and O–H groups in total. The number of pyridine rings is 1. The summed E-state index contributed by atoms with van der Waals surface area (Å²) >= 11 is 0. The number of likely N-dealkylation sites (tertiary alicyclic amines) is 1. The van der Waals surface area contributed by atoms with Crippen molar-refractivity contribution in [3.63, 3.8) is 0 Å². The van der Waals surface area contributed by atoms with Gasteiger partial charge in [-0.05, 0) is 43.0 Å². The zero-order chi connectivity index (χ0) is 27.7. The fourth-order valence-electron chi connectivity index (χ4n) is 5.40. The number of nitriles is 1. The van der Waals surface area contributed by atoms with Crippen molar-refractivity contribution < 1.29 is 18.3 Å². The minimum absolute atomic E-state index is 0.135. The lowest BCUT2D eigenvalue weighted by atomic mass is 9.89. The number of anilines is 1. The van der Waals surface area contributed by atoms with E-state index >= 15 is 0 Å². The Hall–Kier alpha value is -4.04. The van der Waals surface area contributed by atoms with Crippen LogP contribution >= 0.6 is 0 Å². The fraction of sp³-hybridized carbons (Fsp3) is 0.429. The largest absolute Gasteiger partial charge is 0.492 e. The molecule has 0 bridgehead atoms. The molecule has 0 saturated carbocycles. The van der Waals surface area contributed by atoms with Crippen molar-refractivity contribution in [3.8, 4) is 11.8 Å². The number of aromatic nitrogens is 3. The Morgan fingerprint density at radius 3 is 2.72 bits per heavy atom. The number of rotatable bonds is 9. The summed E-state index contributed by atoms with van der Waals surface area (Å²) in [5, 5.41) is 12.4. The molecular formula is C28H31F2N7O2. The highest BCUT2D eigenvalue weighted by molar-refractivity contribution is 5.97. The summed E-state index contributed by atoms with van der Waals surface area (Å²) in [6, 6.07) is 7.38. The highest BCUT2D eigenvalue weighted by Gasteiger charge is 2.44. The van der Waals surface area contributed by atoms with Gasteiger partial charge < -0.3 is 19.5 Å². The molecule has 4 heterocycles. The molecule has 3 aromatic rings. The van der Waals surface area contributed by atoms with Crippen LogP contribution in [0.5, 0.6) is 5.75 Å². The zero-order valence-corrected chi connectivity index (χ0v) is 22.2. The number of ether oxygens (including phenoxy) is 1. The predicted octanol–water partition coefficient (Wildman–Crippen LogP) is 3.85. The lowest BCUT2D eigenvalue weighted by Crippen LogP contribution is -2.55. The Balaban J connectivity index is 1.47. The van der Waals surface area contributed by atoms with E-state index in [1.807, 2.05) is 36.7 Å². The molecule has 0 radical (unpaired) electrons. The van der Waals surface area contributed by atoms with Crippen LogP contribution in [0.2, 0.25) is 0 Å². The van der Waals surface area contributed by atoms with Gasteiger partial charge in [-0.15, -0.1) is 0 Å². The quantitative estimate of drug-likeness (QED) is 0.444. The smallest absolute Gasteiger partial charge is 0.272 e. The van der Waals surface area contributed by atoms with Crippen LogP contribution in [0.3, 0.4) is 0 Å². The fourth-order valence-corrected chi connectivity index (χ4v) is 5.40. The van der Waals surface area contributed by atoms with Crippen LogP contribution < -0.4 is 10.1 Å². The van der Waals surface area contributed by atoms with E-state index < -0.39 is 5.92 Å². The molecule has 11 heteroatoms. The maximum Gasteiger partial charge on any atom is 0.272 e. The summed E-state index contributed by atoms with van der Waals surface area (Å²) in [7, 11) is 1.79. The molecule has 2 aliphatic rings. The van der Waals surface area contributed by atoms with Crippen molar-refractivity contribution in [3.05, 3.63) is 70.3 Å². The third-order valence-corrected chi connectivity index (χ3v) is 7.29. The maximum atomic E-state index is 13.9. The number of halogens is 2. The van der Waals surface area contributed by atoms with Gasteiger partial charge in [-0.25, -0.2) is 13.8 Å². The van der Waals surface area contributed by atoms with Crippen LogP contribution in [0.15, 0.2) is 36.8 Å². The third kappa shape index (κ3) is 5.29. The van der Waals surface area contributed by atoms with Crippen molar-refractivity contribution in [2.24, 2.45) is 0 Å². The van der Waals surface area contributed by atoms with E-state index in [0.717, 1.165) is 16.7 Å². The highest BCUT2D eigenvalue weighted by atomic mass is 19.3.